The summed E-state index contributed by atoms with van der Waals surface area (Å²) in [7, 11) is 1.80. The van der Waals surface area contributed by atoms with E-state index in [1.807, 2.05) is 0 Å². The van der Waals surface area contributed by atoms with Crippen molar-refractivity contribution >= 4 is 68.5 Å². The van der Waals surface area contributed by atoms with Crippen LogP contribution in [0.25, 0.3) is 0 Å². The maximum atomic E-state index is 4.25. The number of hydrogen-bond donors (Lipinski definition) is 2. The second-order valence-corrected chi connectivity index (χ2v) is 7.35. The van der Waals surface area contributed by atoms with E-state index >= 15 is 0 Å². The summed E-state index contributed by atoms with van der Waals surface area (Å²) in [6, 6.07) is 6.40. The van der Waals surface area contributed by atoms with Crippen LogP contribution >= 0.6 is 62.6 Å². The third-order valence-electron chi connectivity index (χ3n) is 2.88. The molecule has 0 saturated heterocycles. The first kappa shape index (κ1) is 18.9. The summed E-state index contributed by atoms with van der Waals surface area (Å²) in [5.74, 6) is 1.34. The third-order valence-corrected chi connectivity index (χ3v) is 5.68. The van der Waals surface area contributed by atoms with Crippen molar-refractivity contribution in [3.8, 4) is 0 Å². The smallest absolute Gasteiger partial charge is 0.191 e. The van der Waals surface area contributed by atoms with Crippen molar-refractivity contribution in [1.82, 2.24) is 10.6 Å². The molecule has 2 aromatic heterocycles. The molecule has 2 aromatic rings. The normalized spacial score (nSPS) is 12.6. The quantitative estimate of drug-likeness (QED) is 0.356. The first-order chi connectivity index (χ1) is 9.69. The fraction of sp³-hybridized carbons (Fsp3) is 0.357. The molecule has 0 aliphatic rings. The number of rotatable bonds is 5. The minimum atomic E-state index is 0. The van der Waals surface area contributed by atoms with Crippen LogP contribution in [0.1, 0.15) is 22.6 Å². The van der Waals surface area contributed by atoms with Crippen molar-refractivity contribution in [2.45, 2.75) is 19.4 Å². The monoisotopic (exact) mass is 499 g/mol. The molecule has 1 atom stereocenters. The van der Waals surface area contributed by atoms with Gasteiger partial charge in [0.15, 0.2) is 5.96 Å². The number of nitrogens with one attached hydrogen (secondary N) is 2. The third kappa shape index (κ3) is 6.25. The van der Waals surface area contributed by atoms with Crippen molar-refractivity contribution in [2.24, 2.45) is 4.99 Å². The molecule has 2 rings (SSSR count). The van der Waals surface area contributed by atoms with Crippen molar-refractivity contribution in [3.63, 3.8) is 0 Å². The number of hydrogen-bond acceptors (Lipinski definition) is 3. The average Bonchev–Trinajstić information content (AvgIpc) is 3.10. The van der Waals surface area contributed by atoms with Crippen LogP contribution < -0.4 is 10.6 Å². The van der Waals surface area contributed by atoms with Crippen molar-refractivity contribution < 1.29 is 0 Å². The first-order valence-corrected chi connectivity index (χ1v) is 8.95. The summed E-state index contributed by atoms with van der Waals surface area (Å²) in [6.45, 7) is 3.90. The van der Waals surface area contributed by atoms with Gasteiger partial charge in [-0.3, -0.25) is 4.99 Å². The van der Waals surface area contributed by atoms with Crippen LogP contribution in [0.15, 0.2) is 38.4 Å². The summed E-state index contributed by atoms with van der Waals surface area (Å²) >= 11 is 7.00. The molecular formula is C14H19BrIN3S2. The van der Waals surface area contributed by atoms with E-state index in [4.69, 9.17) is 0 Å². The van der Waals surface area contributed by atoms with E-state index in [2.05, 4.69) is 67.4 Å². The number of guanidine groups is 1. The largest absolute Gasteiger partial charge is 0.356 e. The van der Waals surface area contributed by atoms with Gasteiger partial charge in [-0.2, -0.15) is 0 Å². The zero-order valence-electron chi connectivity index (χ0n) is 11.9. The lowest BCUT2D eigenvalue weighted by molar-refractivity contribution is 0.709. The fourth-order valence-corrected chi connectivity index (χ4v) is 3.94. The Kier molecular flexibility index (Phi) is 8.84. The molecule has 2 N–H and O–H groups in total. The Balaban J connectivity index is 0.00000220. The Morgan fingerprint density at radius 3 is 2.76 bits per heavy atom. The van der Waals surface area contributed by atoms with Gasteiger partial charge in [0.05, 0.1) is 6.54 Å². The molecule has 0 amide bonds. The van der Waals surface area contributed by atoms with Crippen molar-refractivity contribution in [2.75, 3.05) is 13.6 Å². The van der Waals surface area contributed by atoms with Gasteiger partial charge in [-0.05, 0) is 33.4 Å². The molecule has 0 aliphatic heterocycles. The van der Waals surface area contributed by atoms with Gasteiger partial charge in [0, 0.05) is 39.1 Å². The van der Waals surface area contributed by atoms with Crippen LogP contribution in [0.5, 0.6) is 0 Å². The van der Waals surface area contributed by atoms with E-state index in [0.29, 0.717) is 5.92 Å². The molecule has 0 spiro atoms. The highest BCUT2D eigenvalue weighted by Gasteiger charge is 2.07. The fourth-order valence-electron chi connectivity index (χ4n) is 1.76. The van der Waals surface area contributed by atoms with Gasteiger partial charge in [-0.25, -0.2) is 0 Å². The Morgan fingerprint density at radius 1 is 1.38 bits per heavy atom. The lowest BCUT2D eigenvalue weighted by atomic mass is 10.1. The van der Waals surface area contributed by atoms with Crippen LogP contribution in [-0.4, -0.2) is 19.6 Å². The molecule has 0 aliphatic carbocycles. The lowest BCUT2D eigenvalue weighted by Crippen LogP contribution is -2.38. The van der Waals surface area contributed by atoms with Crippen LogP contribution in [-0.2, 0) is 6.54 Å². The minimum absolute atomic E-state index is 0. The predicted octanol–water partition coefficient (Wildman–Crippen LogP) is 4.66. The highest BCUT2D eigenvalue weighted by atomic mass is 127. The SMILES string of the molecule is CN=C(NCc1cc(Br)cs1)NCC(C)c1cccs1.I. The summed E-state index contributed by atoms with van der Waals surface area (Å²) in [6.07, 6.45) is 0. The zero-order chi connectivity index (χ0) is 14.4. The highest BCUT2D eigenvalue weighted by molar-refractivity contribution is 14.0. The van der Waals surface area contributed by atoms with Crippen LogP contribution in [0.4, 0.5) is 0 Å². The minimum Gasteiger partial charge on any atom is -0.356 e. The molecule has 0 bridgehead atoms. The summed E-state index contributed by atoms with van der Waals surface area (Å²) < 4.78 is 1.13. The van der Waals surface area contributed by atoms with Gasteiger partial charge < -0.3 is 10.6 Å². The number of halogens is 2. The molecule has 116 valence electrons. The van der Waals surface area contributed by atoms with E-state index in [0.717, 1.165) is 23.5 Å². The molecule has 21 heavy (non-hydrogen) atoms. The van der Waals surface area contributed by atoms with Crippen molar-refractivity contribution in [1.29, 1.82) is 0 Å². The topological polar surface area (TPSA) is 36.4 Å². The van der Waals surface area contributed by atoms with Gasteiger partial charge in [0.1, 0.15) is 0 Å². The summed E-state index contributed by atoms with van der Waals surface area (Å²) in [4.78, 5) is 6.94. The molecule has 0 aromatic carbocycles. The van der Waals surface area contributed by atoms with E-state index in [1.165, 1.54) is 9.75 Å². The molecule has 0 fully saturated rings. The first-order valence-electron chi connectivity index (χ1n) is 6.40. The molecule has 7 heteroatoms. The van der Waals surface area contributed by atoms with Gasteiger partial charge in [-0.1, -0.05) is 13.0 Å². The summed E-state index contributed by atoms with van der Waals surface area (Å²) in [5, 5.41) is 10.9. The van der Waals surface area contributed by atoms with E-state index < -0.39 is 0 Å². The molecule has 0 saturated carbocycles. The second-order valence-electron chi connectivity index (χ2n) is 4.45. The van der Waals surface area contributed by atoms with Gasteiger partial charge in [0.2, 0.25) is 0 Å². The Hall–Kier alpha value is -0.120. The molecule has 3 nitrogen and oxygen atoms in total. The average molecular weight is 500 g/mol. The van der Waals surface area contributed by atoms with Crippen LogP contribution in [0.3, 0.4) is 0 Å². The van der Waals surface area contributed by atoms with Gasteiger partial charge in [-0.15, -0.1) is 46.7 Å². The number of aliphatic imine (C=N–C) groups is 1. The molecule has 2 heterocycles. The lowest BCUT2D eigenvalue weighted by Gasteiger charge is -2.14. The summed E-state index contributed by atoms with van der Waals surface area (Å²) in [5.41, 5.74) is 0. The molecule has 0 radical (unpaired) electrons. The van der Waals surface area contributed by atoms with E-state index in [9.17, 15) is 0 Å². The van der Waals surface area contributed by atoms with Crippen LogP contribution in [0, 0.1) is 0 Å². The highest BCUT2D eigenvalue weighted by Crippen LogP contribution is 2.20. The van der Waals surface area contributed by atoms with Crippen LogP contribution in [0.2, 0.25) is 0 Å². The Bertz CT molecular complexity index is 554. The second kappa shape index (κ2) is 9.81. The number of nitrogens with zero attached hydrogens (tertiary/aromatic N) is 1. The van der Waals surface area contributed by atoms with Gasteiger partial charge in [0.25, 0.3) is 0 Å². The van der Waals surface area contributed by atoms with Gasteiger partial charge >= 0.3 is 0 Å². The van der Waals surface area contributed by atoms with E-state index in [-0.39, 0.29) is 24.0 Å². The molecular weight excluding hydrogens is 481 g/mol. The maximum absolute atomic E-state index is 4.25. The van der Waals surface area contributed by atoms with Crippen molar-refractivity contribution in [3.05, 3.63) is 43.2 Å². The predicted molar refractivity (Wildman–Crippen MR) is 108 cm³/mol. The Morgan fingerprint density at radius 2 is 2.19 bits per heavy atom. The zero-order valence-corrected chi connectivity index (χ0v) is 17.5. The van der Waals surface area contributed by atoms with E-state index in [1.54, 1.807) is 29.7 Å². The standard InChI is InChI=1S/C14H18BrN3S2.HI/c1-10(13-4-3-5-19-13)7-17-14(16-2)18-8-12-6-11(15)9-20-12;/h3-6,9-10H,7-8H2,1-2H3,(H2,16,17,18);1H. The molecule has 1 unspecified atom stereocenters. The Labute approximate surface area is 159 Å². The maximum Gasteiger partial charge on any atom is 0.191 e. The number of thiophene rings is 2.